The van der Waals surface area contributed by atoms with Crippen molar-refractivity contribution >= 4 is 0 Å². The van der Waals surface area contributed by atoms with Crippen LogP contribution in [0.2, 0.25) is 0 Å². The standard InChI is InChI=1S/5C17H22N.C14H16N/c2*1-12(2)16-10-17(18(5)11-14(16)4)15-9-7-6-8-13(15)3;3*1-12(2)16-11-18(5)17(10-14(16)4)15-9-7-6-8-13(15)3;1-11-7-8-12(2)13(10-11)14-6-4-5-9-15(14)3/h5*6-12H,1-5H3;4-10H,1-3H3/q6*+1/i1D3,4D3,12D;;1D3,12D;;;. The quantitative estimate of drug-likeness (QED) is 0.115. The summed E-state index contributed by atoms with van der Waals surface area (Å²) in [5.41, 5.74) is 32.5. The highest BCUT2D eigenvalue weighted by Crippen LogP contribution is 2.31. The van der Waals surface area contributed by atoms with Crippen molar-refractivity contribution in [2.45, 2.75) is 182 Å². The van der Waals surface area contributed by atoms with E-state index in [-0.39, 0.29) is 11.1 Å². The van der Waals surface area contributed by atoms with Crippen molar-refractivity contribution in [2.24, 2.45) is 42.3 Å². The van der Waals surface area contributed by atoms with Crippen molar-refractivity contribution in [1.29, 1.82) is 0 Å². The molecule has 0 N–H and O–H groups in total. The molecular formula is C99H126N6+6. The molecule has 0 fully saturated rings. The van der Waals surface area contributed by atoms with Gasteiger partial charge in [-0.1, -0.05) is 178 Å². The van der Waals surface area contributed by atoms with Crippen LogP contribution in [0.25, 0.3) is 67.5 Å². The zero-order chi connectivity index (χ0) is 86.6. The Labute approximate surface area is 650 Å². The summed E-state index contributed by atoms with van der Waals surface area (Å²) in [6.45, 7) is 31.9. The van der Waals surface area contributed by atoms with E-state index >= 15 is 0 Å². The van der Waals surface area contributed by atoms with Crippen LogP contribution in [0.5, 0.6) is 0 Å². The van der Waals surface area contributed by atoms with Crippen LogP contribution in [0.4, 0.5) is 0 Å². The average molecular weight is 1410 g/mol. The van der Waals surface area contributed by atoms with Gasteiger partial charge in [0.05, 0.1) is 0 Å². The highest BCUT2D eigenvalue weighted by atomic mass is 14.9. The lowest BCUT2D eigenvalue weighted by atomic mass is 9.96. The molecule has 0 amide bonds. The molecule has 6 aromatic heterocycles. The van der Waals surface area contributed by atoms with E-state index in [2.05, 4.69) is 309 Å². The number of aryl methyl sites for hydroxylation is 18. The van der Waals surface area contributed by atoms with Crippen molar-refractivity contribution in [2.75, 3.05) is 0 Å². The number of rotatable bonds is 11. The van der Waals surface area contributed by atoms with Crippen LogP contribution in [-0.4, -0.2) is 0 Å². The monoisotopic (exact) mass is 1410 g/mol. The molecule has 2 unspecified atom stereocenters. The van der Waals surface area contributed by atoms with Gasteiger partial charge in [-0.05, 0) is 216 Å². The third kappa shape index (κ3) is 21.5. The van der Waals surface area contributed by atoms with Crippen molar-refractivity contribution in [3.8, 4) is 67.5 Å². The molecule has 0 aliphatic carbocycles. The topological polar surface area (TPSA) is 23.3 Å². The maximum atomic E-state index is 8.40. The van der Waals surface area contributed by atoms with E-state index in [9.17, 15) is 0 Å². The lowest BCUT2D eigenvalue weighted by Gasteiger charge is -2.11. The van der Waals surface area contributed by atoms with Gasteiger partial charge in [0, 0.05) is 119 Å². The average Bonchev–Trinajstić information content (AvgIpc) is 0.753. The second-order valence-electron chi connectivity index (χ2n) is 29.5. The summed E-state index contributed by atoms with van der Waals surface area (Å²) in [7, 11) is 12.1. The van der Waals surface area contributed by atoms with Crippen LogP contribution in [0.3, 0.4) is 0 Å². The number of nitrogens with zero attached hydrogens (tertiary/aromatic N) is 6. The van der Waals surface area contributed by atoms with Crippen LogP contribution in [0, 0.1) is 83.0 Å². The summed E-state index contributed by atoms with van der Waals surface area (Å²) in [6, 6.07) is 64.6. The van der Waals surface area contributed by atoms with Gasteiger partial charge in [0.15, 0.2) is 37.2 Å². The minimum Gasteiger partial charge on any atom is -0.201 e. The molecule has 0 aliphatic heterocycles. The fourth-order valence-electron chi connectivity index (χ4n) is 13.7. The molecule has 6 heterocycles. The predicted molar refractivity (Wildman–Crippen MR) is 446 cm³/mol. The van der Waals surface area contributed by atoms with Crippen molar-refractivity contribution < 1.29 is 42.5 Å². The minimum atomic E-state index is -2.66. The number of pyridine rings is 6. The lowest BCUT2D eigenvalue weighted by molar-refractivity contribution is -0.661. The van der Waals surface area contributed by atoms with Gasteiger partial charge in [-0.2, -0.15) is 0 Å². The molecule has 2 atom stereocenters. The van der Waals surface area contributed by atoms with Crippen LogP contribution in [-0.2, 0) is 42.3 Å². The summed E-state index contributed by atoms with van der Waals surface area (Å²) < 4.78 is 98.4. The first-order valence-electron chi connectivity index (χ1n) is 42.4. The van der Waals surface area contributed by atoms with E-state index in [1.165, 1.54) is 132 Å². The largest absolute Gasteiger partial charge is 0.212 e. The van der Waals surface area contributed by atoms with Crippen LogP contribution in [0.1, 0.15) is 208 Å². The molecule has 0 aliphatic rings. The van der Waals surface area contributed by atoms with Gasteiger partial charge in [0.25, 0.3) is 0 Å². The van der Waals surface area contributed by atoms with E-state index < -0.39 is 32.3 Å². The number of aromatic nitrogens is 6. The highest BCUT2D eigenvalue weighted by molar-refractivity contribution is 5.66. The molecule has 0 bridgehead atoms. The molecule has 0 saturated heterocycles. The molecule has 12 aromatic rings. The van der Waals surface area contributed by atoms with Crippen molar-refractivity contribution in [1.82, 2.24) is 0 Å². The van der Waals surface area contributed by atoms with E-state index in [0.29, 0.717) is 29.0 Å². The molecular weight excluding hydrogens is 1270 g/mol. The smallest absolute Gasteiger partial charge is 0.201 e. The Morgan fingerprint density at radius 1 is 0.248 bits per heavy atom. The second kappa shape index (κ2) is 37.8. The van der Waals surface area contributed by atoms with Gasteiger partial charge in [-0.25, -0.2) is 27.4 Å². The Kier molecular flexibility index (Phi) is 24.1. The third-order valence-electron chi connectivity index (χ3n) is 19.8. The molecule has 0 saturated carbocycles. The Hall–Kier alpha value is -9.78. The van der Waals surface area contributed by atoms with Gasteiger partial charge >= 0.3 is 0 Å². The molecule has 105 heavy (non-hydrogen) atoms. The van der Waals surface area contributed by atoms with Gasteiger partial charge in [0.1, 0.15) is 42.3 Å². The summed E-state index contributed by atoms with van der Waals surface area (Å²) >= 11 is 0. The summed E-state index contributed by atoms with van der Waals surface area (Å²) in [6.07, 6.45) is 12.0. The molecule has 12 rings (SSSR count). The van der Waals surface area contributed by atoms with Gasteiger partial charge in [-0.15, -0.1) is 0 Å². The van der Waals surface area contributed by atoms with E-state index in [0.717, 1.165) is 33.5 Å². The second-order valence-corrected chi connectivity index (χ2v) is 29.5. The Balaban J connectivity index is 0.000000194. The van der Waals surface area contributed by atoms with E-state index in [1.54, 1.807) is 17.8 Å². The van der Waals surface area contributed by atoms with Crippen molar-refractivity contribution in [3.63, 3.8) is 0 Å². The SMILES string of the molecule is Cc1ccc(C)c(-c2cccc[n+]2C)c1.Cc1ccccc1-c1cc(C(C)C)c(C)c[n+]1C.Cc1ccccc1-c1cc(C)c(C(C)C)c[n+]1C.Cc1ccccc1-c1cc(C)c(C(C)C)c[n+]1C.[2H]C([2H])([2H])C([2H])(C)c1c[n+](C)c(-c2ccccc2C)cc1C.[2H]C([2H])([2H])c1c[n+](C)c(-c2ccccc2C)cc1C([2H])(C)C([2H])([2H])[2H]. The fraction of sp³-hybridized carbons (Fsp3) is 0.333. The normalized spacial score (nSPS) is 13.9. The summed E-state index contributed by atoms with van der Waals surface area (Å²) in [5.74, 6) is -1.96. The maximum absolute atomic E-state index is 8.40. The van der Waals surface area contributed by atoms with Gasteiger partial charge < -0.3 is 0 Å². The van der Waals surface area contributed by atoms with E-state index in [1.807, 2.05) is 74.0 Å². The fourth-order valence-corrected chi connectivity index (χ4v) is 13.7. The molecule has 0 spiro atoms. The predicted octanol–water partition coefficient (Wildman–Crippen LogP) is 22.4. The van der Waals surface area contributed by atoms with Crippen molar-refractivity contribution in [3.05, 3.63) is 320 Å². The molecule has 546 valence electrons. The zero-order valence-electron chi connectivity index (χ0n) is 78.8. The first-order chi connectivity index (χ1) is 54.0. The third-order valence-corrected chi connectivity index (χ3v) is 19.8. The summed E-state index contributed by atoms with van der Waals surface area (Å²) in [4.78, 5) is 0. The highest BCUT2D eigenvalue weighted by Gasteiger charge is 2.23. The van der Waals surface area contributed by atoms with E-state index in [4.69, 9.17) is 15.1 Å². The minimum absolute atomic E-state index is 0.00357. The maximum Gasteiger partial charge on any atom is 0.212 e. The lowest BCUT2D eigenvalue weighted by Crippen LogP contribution is -2.32. The number of hydrogen-bond acceptors (Lipinski definition) is 0. The summed E-state index contributed by atoms with van der Waals surface area (Å²) in [5, 5.41) is 0. The number of benzene rings is 6. The van der Waals surface area contributed by atoms with Crippen LogP contribution >= 0.6 is 0 Å². The Morgan fingerprint density at radius 2 is 0.552 bits per heavy atom. The van der Waals surface area contributed by atoms with Gasteiger partial charge in [-0.3, -0.25) is 0 Å². The molecule has 6 aromatic carbocycles. The molecule has 6 heteroatoms. The Bertz CT molecular complexity index is 5310. The molecule has 0 radical (unpaired) electrons. The first kappa shape index (κ1) is 67.1. The Morgan fingerprint density at radius 3 is 0.905 bits per heavy atom. The number of hydrogen-bond donors (Lipinski definition) is 0. The van der Waals surface area contributed by atoms with Gasteiger partial charge in [0.2, 0.25) is 34.2 Å². The zero-order valence-corrected chi connectivity index (χ0v) is 67.8. The van der Waals surface area contributed by atoms with Crippen LogP contribution < -0.4 is 27.4 Å². The molecule has 6 nitrogen and oxygen atoms in total. The van der Waals surface area contributed by atoms with Crippen LogP contribution in [0.15, 0.2) is 225 Å². The first-order valence-corrected chi connectivity index (χ1v) is 36.9.